The maximum Gasteiger partial charge on any atom is 0.343 e. The van der Waals surface area contributed by atoms with Gasteiger partial charge in [0.05, 0.1) is 35.6 Å². The van der Waals surface area contributed by atoms with Gasteiger partial charge in [-0.05, 0) is 48.9 Å². The van der Waals surface area contributed by atoms with Gasteiger partial charge in [-0.2, -0.15) is 0 Å². The molecule has 3 aromatic rings. The normalized spacial score (nSPS) is 22.7. The van der Waals surface area contributed by atoms with E-state index in [4.69, 9.17) is 9.72 Å². The van der Waals surface area contributed by atoms with Crippen LogP contribution in [0.4, 0.5) is 4.39 Å². The van der Waals surface area contributed by atoms with Crippen LogP contribution in [0.2, 0.25) is 0 Å². The molecule has 0 amide bonds. The highest BCUT2D eigenvalue weighted by atomic mass is 19.1. The molecule has 1 aromatic carbocycles. The summed E-state index contributed by atoms with van der Waals surface area (Å²) in [5.74, 6) is -1.17. The summed E-state index contributed by atoms with van der Waals surface area (Å²) in [7, 11) is 0. The summed E-state index contributed by atoms with van der Waals surface area (Å²) in [5.41, 5.74) is 2.39. The number of esters is 1. The Morgan fingerprint density at radius 3 is 2.81 bits per heavy atom. The molecule has 0 bridgehead atoms. The quantitative estimate of drug-likeness (QED) is 0.247. The van der Waals surface area contributed by atoms with Crippen LogP contribution in [-0.4, -0.2) is 43.7 Å². The molecule has 0 saturated heterocycles. The highest BCUT2D eigenvalue weighted by Gasteiger charge is 2.46. The first-order chi connectivity index (χ1) is 17.2. The highest BCUT2D eigenvalue weighted by Crippen LogP contribution is 2.45. The van der Waals surface area contributed by atoms with Gasteiger partial charge in [-0.15, -0.1) is 0 Å². The maximum absolute atomic E-state index is 14.9. The van der Waals surface area contributed by atoms with Crippen molar-refractivity contribution < 1.29 is 29.2 Å². The zero-order valence-electron chi connectivity index (χ0n) is 19.9. The number of aromatic nitrogens is 2. The molecule has 36 heavy (non-hydrogen) atoms. The molecule has 0 saturated carbocycles. The van der Waals surface area contributed by atoms with Crippen molar-refractivity contribution in [3.8, 4) is 11.4 Å². The number of pyridine rings is 2. The molecule has 0 radical (unpaired) electrons. The average molecular weight is 496 g/mol. The van der Waals surface area contributed by atoms with E-state index in [0.717, 1.165) is 22.1 Å². The van der Waals surface area contributed by atoms with Gasteiger partial charge >= 0.3 is 5.97 Å². The molecule has 4 N–H and O–H groups in total. The number of aliphatic hydroxyl groups excluding tert-OH is 2. The number of aryl methyl sites for hydroxylation is 1. The van der Waals surface area contributed by atoms with Gasteiger partial charge in [0, 0.05) is 28.6 Å². The monoisotopic (exact) mass is 495 g/mol. The summed E-state index contributed by atoms with van der Waals surface area (Å²) in [5, 5.41) is 34.5. The summed E-state index contributed by atoms with van der Waals surface area (Å²) in [6.07, 6.45) is -0.00437. The zero-order chi connectivity index (χ0) is 25.5. The molecule has 3 unspecified atom stereocenters. The fraction of sp³-hybridized carbons (Fsp3) is 0.423. The first-order valence-electron chi connectivity index (χ1n) is 12.1. The van der Waals surface area contributed by atoms with E-state index in [1.54, 1.807) is 19.9 Å². The third kappa shape index (κ3) is 2.98. The number of cyclic esters (lactones) is 1. The first kappa shape index (κ1) is 23.2. The van der Waals surface area contributed by atoms with Gasteiger partial charge in [0.15, 0.2) is 5.60 Å². The van der Waals surface area contributed by atoms with Crippen LogP contribution < -0.4 is 10.9 Å². The number of aliphatic hydroxyl groups is 3. The summed E-state index contributed by atoms with van der Waals surface area (Å²) >= 11 is 0. The molecule has 10 heteroatoms. The number of carbonyl (C=O) groups excluding carboxylic acids is 1. The van der Waals surface area contributed by atoms with Crippen molar-refractivity contribution in [2.24, 2.45) is 0 Å². The minimum Gasteiger partial charge on any atom is -0.458 e. The SMILES string of the molecule is CCC1(O)C(=O)OCc2c1cc1n(c2=O)Cc2c-1nc1cc(F)c(C)c3c1c2C(NC(O)CO)CC3. The fourth-order valence-corrected chi connectivity index (χ4v) is 6.01. The molecule has 3 aliphatic rings. The second-order valence-electron chi connectivity index (χ2n) is 9.77. The van der Waals surface area contributed by atoms with Gasteiger partial charge < -0.3 is 24.6 Å². The minimum absolute atomic E-state index is 0.0316. The Bertz CT molecular complexity index is 1530. The van der Waals surface area contributed by atoms with Crippen molar-refractivity contribution in [1.82, 2.24) is 14.9 Å². The van der Waals surface area contributed by atoms with Crippen LogP contribution in [0.15, 0.2) is 16.9 Å². The van der Waals surface area contributed by atoms with Crippen LogP contribution in [0.5, 0.6) is 0 Å². The number of hydrogen-bond acceptors (Lipinski definition) is 8. The topological polar surface area (TPSA) is 134 Å². The lowest BCUT2D eigenvalue weighted by atomic mass is 9.81. The van der Waals surface area contributed by atoms with Gasteiger partial charge in [-0.1, -0.05) is 6.92 Å². The van der Waals surface area contributed by atoms with E-state index < -0.39 is 24.4 Å². The molecule has 2 aromatic heterocycles. The molecule has 1 aliphatic carbocycles. The van der Waals surface area contributed by atoms with Crippen LogP contribution in [-0.2, 0) is 34.7 Å². The first-order valence-corrected chi connectivity index (χ1v) is 12.1. The van der Waals surface area contributed by atoms with Gasteiger partial charge in [0.25, 0.3) is 5.56 Å². The number of halogens is 1. The Kier molecular flexibility index (Phi) is 5.10. The number of benzene rings is 1. The third-order valence-electron chi connectivity index (χ3n) is 7.94. The van der Waals surface area contributed by atoms with Gasteiger partial charge in [-0.25, -0.2) is 14.2 Å². The predicted molar refractivity (Wildman–Crippen MR) is 127 cm³/mol. The highest BCUT2D eigenvalue weighted by molar-refractivity contribution is 5.93. The minimum atomic E-state index is -1.94. The van der Waals surface area contributed by atoms with Crippen LogP contribution in [0.3, 0.4) is 0 Å². The summed E-state index contributed by atoms with van der Waals surface area (Å²) in [6.45, 7) is 2.86. The van der Waals surface area contributed by atoms with Gasteiger partial charge in [-0.3, -0.25) is 10.1 Å². The molecular formula is C26H26FN3O6. The number of ether oxygens (including phenoxy) is 1. The number of nitrogens with one attached hydrogen (secondary N) is 1. The Morgan fingerprint density at radius 2 is 2.08 bits per heavy atom. The number of hydrogen-bond donors (Lipinski definition) is 4. The smallest absolute Gasteiger partial charge is 0.343 e. The Hall–Kier alpha value is -3.18. The van der Waals surface area contributed by atoms with E-state index in [-0.39, 0.29) is 48.1 Å². The van der Waals surface area contributed by atoms with E-state index in [0.29, 0.717) is 35.3 Å². The van der Waals surface area contributed by atoms with Gasteiger partial charge in [0.1, 0.15) is 18.7 Å². The molecular weight excluding hydrogens is 469 g/mol. The second-order valence-corrected chi connectivity index (χ2v) is 9.77. The van der Waals surface area contributed by atoms with Crippen molar-refractivity contribution in [1.29, 1.82) is 0 Å². The summed E-state index contributed by atoms with van der Waals surface area (Å²) in [6, 6.07) is 2.64. The number of fused-ring (bicyclic) bond motifs is 5. The van der Waals surface area contributed by atoms with E-state index in [9.17, 15) is 29.3 Å². The van der Waals surface area contributed by atoms with Crippen molar-refractivity contribution in [3.05, 3.63) is 61.7 Å². The van der Waals surface area contributed by atoms with E-state index in [1.165, 1.54) is 10.6 Å². The lowest BCUT2D eigenvalue weighted by molar-refractivity contribution is -0.172. The molecule has 3 atom stereocenters. The lowest BCUT2D eigenvalue weighted by Gasteiger charge is -2.31. The summed E-state index contributed by atoms with van der Waals surface area (Å²) in [4.78, 5) is 30.8. The molecule has 0 spiro atoms. The maximum atomic E-state index is 14.9. The Balaban J connectivity index is 1.66. The molecule has 4 heterocycles. The second kappa shape index (κ2) is 7.91. The van der Waals surface area contributed by atoms with Crippen molar-refractivity contribution in [2.45, 2.75) is 64.1 Å². The largest absolute Gasteiger partial charge is 0.458 e. The van der Waals surface area contributed by atoms with Crippen LogP contribution in [0, 0.1) is 12.7 Å². The van der Waals surface area contributed by atoms with Crippen molar-refractivity contribution >= 4 is 16.9 Å². The lowest BCUT2D eigenvalue weighted by Crippen LogP contribution is -2.44. The molecule has 188 valence electrons. The Morgan fingerprint density at radius 1 is 1.31 bits per heavy atom. The standard InChI is InChI=1S/C26H26FN3O6/c1-3-26(35)15-6-19-23-13(8-30(19)24(33)14(15)10-36-25(26)34)22-17(28-20(32)9-31)5-4-12-11(2)16(27)7-18(29-23)21(12)22/h6-7,17,20,28,31-32,35H,3-5,8-10H2,1-2H3. The Labute approximate surface area is 205 Å². The van der Waals surface area contributed by atoms with E-state index >= 15 is 0 Å². The van der Waals surface area contributed by atoms with Crippen molar-refractivity contribution in [3.63, 3.8) is 0 Å². The molecule has 0 fully saturated rings. The molecule has 9 nitrogen and oxygen atoms in total. The average Bonchev–Trinajstić information content (AvgIpc) is 3.24. The number of carbonyl (C=O) groups is 1. The number of nitrogens with zero attached hydrogens (tertiary/aromatic N) is 2. The van der Waals surface area contributed by atoms with Crippen molar-refractivity contribution in [2.75, 3.05) is 6.61 Å². The van der Waals surface area contributed by atoms with Crippen LogP contribution >= 0.6 is 0 Å². The predicted octanol–water partition coefficient (Wildman–Crippen LogP) is 1.41. The molecule has 6 rings (SSSR count). The van der Waals surface area contributed by atoms with E-state index in [1.807, 2.05) is 0 Å². The fourth-order valence-electron chi connectivity index (χ4n) is 6.01. The third-order valence-corrected chi connectivity index (χ3v) is 7.94. The summed E-state index contributed by atoms with van der Waals surface area (Å²) < 4.78 is 21.6. The number of rotatable bonds is 4. The van der Waals surface area contributed by atoms with Crippen LogP contribution in [0.25, 0.3) is 22.3 Å². The van der Waals surface area contributed by atoms with Gasteiger partial charge in [0.2, 0.25) is 0 Å². The zero-order valence-corrected chi connectivity index (χ0v) is 19.9. The van der Waals surface area contributed by atoms with Crippen LogP contribution in [0.1, 0.15) is 59.2 Å². The molecule has 2 aliphatic heterocycles. The van der Waals surface area contributed by atoms with E-state index in [2.05, 4.69) is 5.32 Å².